The fraction of sp³-hybridized carbons (Fsp3) is 0.182. The molecule has 0 fully saturated rings. The molecule has 2 heterocycles. The third kappa shape index (κ3) is 4.08. The molecule has 2 aromatic heterocycles. The number of nitrogens with two attached hydrogens (primary N) is 1. The number of nitrogens with zero attached hydrogens (tertiary/aromatic N) is 3. The van der Waals surface area contributed by atoms with Gasteiger partial charge in [0.1, 0.15) is 0 Å². The van der Waals surface area contributed by atoms with Gasteiger partial charge in [-0.1, -0.05) is 18.2 Å². The number of carbonyl (C=O) groups is 1. The van der Waals surface area contributed by atoms with Gasteiger partial charge in [-0.05, 0) is 50.1 Å². The Hall–Kier alpha value is -3.52. The number of amides is 1. The highest BCUT2D eigenvalue weighted by atomic mass is 32.1. The minimum absolute atomic E-state index is 0.158. The van der Waals surface area contributed by atoms with Gasteiger partial charge in [0.15, 0.2) is 5.13 Å². The van der Waals surface area contributed by atoms with Crippen LogP contribution in [0.5, 0.6) is 0 Å². The van der Waals surface area contributed by atoms with Crippen LogP contribution in [0.2, 0.25) is 0 Å². The summed E-state index contributed by atoms with van der Waals surface area (Å²) in [4.78, 5) is 29.4. The molecule has 0 spiro atoms. The van der Waals surface area contributed by atoms with Crippen LogP contribution in [-0.2, 0) is 6.42 Å². The van der Waals surface area contributed by atoms with Crippen molar-refractivity contribution < 1.29 is 4.79 Å². The first kappa shape index (κ1) is 19.8. The molecule has 4 aromatic rings. The van der Waals surface area contributed by atoms with Gasteiger partial charge in [-0.15, -0.1) is 11.3 Å². The van der Waals surface area contributed by atoms with E-state index < -0.39 is 0 Å². The molecule has 0 saturated carbocycles. The molecule has 0 aliphatic heterocycles. The lowest BCUT2D eigenvalue weighted by molar-refractivity contribution is 0.0953. The fourth-order valence-electron chi connectivity index (χ4n) is 3.29. The topological polar surface area (TPSA) is 103 Å². The fourth-order valence-corrected chi connectivity index (χ4v) is 3.89. The molecular weight excluding hydrogens is 398 g/mol. The second kappa shape index (κ2) is 8.46. The minimum atomic E-state index is -0.184. The standard InChI is InChI=1S/C22H21N5O2S/c1-14-18-6-2-3-7-19(18)21(29)27(26-14)17-10-8-15(9-11-17)20(28)24-12-4-5-16-13-30-22(23)25-16/h2-3,6-11,13H,4-5,12H2,1H3,(H2,23,25)(H,24,28). The zero-order chi connectivity index (χ0) is 21.1. The van der Waals surface area contributed by atoms with Crippen molar-refractivity contribution in [2.45, 2.75) is 19.8 Å². The number of aryl methyl sites for hydroxylation is 2. The zero-order valence-electron chi connectivity index (χ0n) is 16.5. The first-order chi connectivity index (χ1) is 14.5. The Balaban J connectivity index is 1.44. The normalized spacial score (nSPS) is 11.0. The summed E-state index contributed by atoms with van der Waals surface area (Å²) in [6.07, 6.45) is 1.55. The number of carbonyl (C=O) groups excluding carboxylic acids is 1. The van der Waals surface area contributed by atoms with Crippen molar-refractivity contribution in [1.82, 2.24) is 20.1 Å². The maximum absolute atomic E-state index is 12.8. The second-order valence-corrected chi connectivity index (χ2v) is 7.82. The highest BCUT2D eigenvalue weighted by Crippen LogP contribution is 2.15. The molecule has 4 rings (SSSR count). The Bertz CT molecular complexity index is 1260. The highest BCUT2D eigenvalue weighted by Gasteiger charge is 2.10. The Morgan fingerprint density at radius 2 is 1.87 bits per heavy atom. The Labute approximate surface area is 177 Å². The number of nitrogen functional groups attached to an aromatic ring is 1. The van der Waals surface area contributed by atoms with Gasteiger partial charge in [-0.3, -0.25) is 9.59 Å². The second-order valence-electron chi connectivity index (χ2n) is 6.93. The first-order valence-electron chi connectivity index (χ1n) is 9.60. The summed E-state index contributed by atoms with van der Waals surface area (Å²) in [5.74, 6) is -0.158. The average molecular weight is 420 g/mol. The van der Waals surface area contributed by atoms with E-state index in [1.54, 1.807) is 30.3 Å². The third-order valence-corrected chi connectivity index (χ3v) is 5.55. The van der Waals surface area contributed by atoms with Gasteiger partial charge in [0.05, 0.1) is 22.5 Å². The summed E-state index contributed by atoms with van der Waals surface area (Å²) in [6, 6.07) is 14.3. The van der Waals surface area contributed by atoms with Crippen molar-refractivity contribution >= 4 is 33.1 Å². The SMILES string of the molecule is Cc1nn(-c2ccc(C(=O)NCCCc3csc(N)n3)cc2)c(=O)c2ccccc12. The molecule has 1 amide bonds. The van der Waals surface area contributed by atoms with Crippen molar-refractivity contribution in [2.75, 3.05) is 12.3 Å². The van der Waals surface area contributed by atoms with Crippen LogP contribution in [-0.4, -0.2) is 27.2 Å². The molecule has 0 bridgehead atoms. The van der Waals surface area contributed by atoms with Crippen molar-refractivity contribution in [3.05, 3.63) is 81.2 Å². The van der Waals surface area contributed by atoms with Crippen molar-refractivity contribution in [3.8, 4) is 5.69 Å². The van der Waals surface area contributed by atoms with Crippen molar-refractivity contribution in [1.29, 1.82) is 0 Å². The number of anilines is 1. The first-order valence-corrected chi connectivity index (χ1v) is 10.5. The molecule has 30 heavy (non-hydrogen) atoms. The summed E-state index contributed by atoms with van der Waals surface area (Å²) < 4.78 is 1.37. The Morgan fingerprint density at radius 3 is 2.57 bits per heavy atom. The van der Waals surface area contributed by atoms with Gasteiger partial charge in [-0.2, -0.15) is 9.78 Å². The number of fused-ring (bicyclic) bond motifs is 1. The van der Waals surface area contributed by atoms with Gasteiger partial charge >= 0.3 is 0 Å². The number of nitrogens with one attached hydrogen (secondary N) is 1. The van der Waals surface area contributed by atoms with Crippen LogP contribution in [0, 0.1) is 6.92 Å². The van der Waals surface area contributed by atoms with Crippen LogP contribution in [0.15, 0.2) is 58.7 Å². The summed E-state index contributed by atoms with van der Waals surface area (Å²) >= 11 is 1.42. The Kier molecular flexibility index (Phi) is 5.58. The largest absolute Gasteiger partial charge is 0.375 e. The molecule has 0 saturated heterocycles. The van der Waals surface area contributed by atoms with Crippen LogP contribution in [0.1, 0.15) is 28.2 Å². The van der Waals surface area contributed by atoms with E-state index in [9.17, 15) is 9.59 Å². The van der Waals surface area contributed by atoms with E-state index in [1.807, 2.05) is 30.5 Å². The monoisotopic (exact) mass is 419 g/mol. The number of thiazole rings is 1. The Morgan fingerprint density at radius 1 is 1.13 bits per heavy atom. The van der Waals surface area contributed by atoms with E-state index in [2.05, 4.69) is 15.4 Å². The molecule has 7 nitrogen and oxygen atoms in total. The van der Waals surface area contributed by atoms with E-state index in [4.69, 9.17) is 5.73 Å². The molecule has 0 aliphatic rings. The van der Waals surface area contributed by atoms with Gasteiger partial charge in [0.25, 0.3) is 11.5 Å². The summed E-state index contributed by atoms with van der Waals surface area (Å²) in [6.45, 7) is 2.42. The van der Waals surface area contributed by atoms with Crippen LogP contribution in [0.4, 0.5) is 5.13 Å². The molecule has 0 atom stereocenters. The number of hydrogen-bond donors (Lipinski definition) is 2. The van der Waals surface area contributed by atoms with E-state index in [0.717, 1.165) is 29.6 Å². The van der Waals surface area contributed by atoms with Gasteiger partial charge in [0, 0.05) is 22.9 Å². The quantitative estimate of drug-likeness (QED) is 0.468. The average Bonchev–Trinajstić information content (AvgIpc) is 3.19. The summed E-state index contributed by atoms with van der Waals surface area (Å²) in [7, 11) is 0. The lowest BCUT2D eigenvalue weighted by Crippen LogP contribution is -2.25. The maximum atomic E-state index is 12.8. The lowest BCUT2D eigenvalue weighted by Gasteiger charge is -2.10. The van der Waals surface area contributed by atoms with Crippen LogP contribution in [0.25, 0.3) is 16.5 Å². The third-order valence-electron chi connectivity index (χ3n) is 4.83. The highest BCUT2D eigenvalue weighted by molar-refractivity contribution is 7.13. The van der Waals surface area contributed by atoms with Gasteiger partial charge in [-0.25, -0.2) is 4.98 Å². The zero-order valence-corrected chi connectivity index (χ0v) is 17.3. The molecular formula is C22H21N5O2S. The maximum Gasteiger partial charge on any atom is 0.279 e. The molecule has 152 valence electrons. The summed E-state index contributed by atoms with van der Waals surface area (Å²) in [5.41, 5.74) is 8.30. The van der Waals surface area contributed by atoms with Crippen LogP contribution in [0.3, 0.4) is 0 Å². The smallest absolute Gasteiger partial charge is 0.279 e. The lowest BCUT2D eigenvalue weighted by atomic mass is 10.1. The molecule has 8 heteroatoms. The van der Waals surface area contributed by atoms with Crippen LogP contribution >= 0.6 is 11.3 Å². The van der Waals surface area contributed by atoms with Gasteiger partial charge in [0.2, 0.25) is 0 Å². The van der Waals surface area contributed by atoms with E-state index in [0.29, 0.717) is 28.3 Å². The molecule has 2 aromatic carbocycles. The number of aromatic nitrogens is 3. The summed E-state index contributed by atoms with van der Waals surface area (Å²) in [5, 5.41) is 11.3. The number of rotatable bonds is 6. The number of benzene rings is 2. The van der Waals surface area contributed by atoms with Crippen LogP contribution < -0.4 is 16.6 Å². The van der Waals surface area contributed by atoms with Gasteiger partial charge < -0.3 is 11.1 Å². The molecule has 0 radical (unpaired) electrons. The molecule has 3 N–H and O–H groups in total. The van der Waals surface area contributed by atoms with E-state index in [1.165, 1.54) is 16.0 Å². The van der Waals surface area contributed by atoms with Crippen molar-refractivity contribution in [2.24, 2.45) is 0 Å². The predicted molar refractivity (Wildman–Crippen MR) is 119 cm³/mol. The molecule has 0 aliphatic carbocycles. The number of hydrogen-bond acceptors (Lipinski definition) is 6. The predicted octanol–water partition coefficient (Wildman–Crippen LogP) is 3.10. The van der Waals surface area contributed by atoms with Crippen molar-refractivity contribution in [3.63, 3.8) is 0 Å². The van der Waals surface area contributed by atoms with E-state index >= 15 is 0 Å². The minimum Gasteiger partial charge on any atom is -0.375 e. The van der Waals surface area contributed by atoms with E-state index in [-0.39, 0.29) is 11.5 Å². The molecule has 0 unspecified atom stereocenters.